The Morgan fingerprint density at radius 2 is 2.14 bits per heavy atom. The molecule has 0 bridgehead atoms. The third-order valence-electron chi connectivity index (χ3n) is 5.52. The number of hydrogen-bond acceptors (Lipinski definition) is 5. The van der Waals surface area contributed by atoms with Gasteiger partial charge in [-0.2, -0.15) is 5.10 Å². The van der Waals surface area contributed by atoms with Crippen LogP contribution in [0.3, 0.4) is 0 Å². The lowest BCUT2D eigenvalue weighted by molar-refractivity contribution is 0.0944. The second-order valence-electron chi connectivity index (χ2n) is 7.64. The number of amides is 1. The third-order valence-corrected chi connectivity index (χ3v) is 5.52. The lowest BCUT2D eigenvalue weighted by Crippen LogP contribution is -2.28. The quantitative estimate of drug-likeness (QED) is 0.711. The topological polar surface area (TPSA) is 91.9 Å². The first-order valence-corrected chi connectivity index (χ1v) is 9.85. The Hall–Kier alpha value is -2.12. The number of ether oxygens (including phenoxy) is 1. The van der Waals surface area contributed by atoms with Crippen molar-refractivity contribution >= 4 is 18.3 Å². The van der Waals surface area contributed by atoms with E-state index in [2.05, 4.69) is 32.7 Å². The van der Waals surface area contributed by atoms with Crippen LogP contribution in [-0.2, 0) is 19.5 Å². The standard InChI is InChI=1S/C20H27N5O2.ClH/c1-13-2-4-15(5-3-13)27-18-10-14(6-9-22-18)11-23-20(26)19-16-12-21-8-7-17(16)24-25-19;/h6,9-10,13,15,21H,2-5,7-8,11-12H2,1H3,(H,23,26)(H,24,25);1H. The fourth-order valence-corrected chi connectivity index (χ4v) is 3.82. The van der Waals surface area contributed by atoms with Crippen LogP contribution in [0.25, 0.3) is 0 Å². The third kappa shape index (κ3) is 4.83. The Balaban J connectivity index is 0.00000225. The number of hydrogen-bond donors (Lipinski definition) is 3. The molecule has 4 rings (SSSR count). The molecule has 8 heteroatoms. The summed E-state index contributed by atoms with van der Waals surface area (Å²) < 4.78 is 6.05. The van der Waals surface area contributed by atoms with Crippen LogP contribution in [0.2, 0.25) is 0 Å². The van der Waals surface area contributed by atoms with E-state index in [9.17, 15) is 4.79 Å². The van der Waals surface area contributed by atoms with Crippen molar-refractivity contribution in [3.05, 3.63) is 40.8 Å². The monoisotopic (exact) mass is 405 g/mol. The molecule has 28 heavy (non-hydrogen) atoms. The maximum absolute atomic E-state index is 12.5. The Morgan fingerprint density at radius 3 is 2.96 bits per heavy atom. The van der Waals surface area contributed by atoms with Crippen molar-refractivity contribution in [2.75, 3.05) is 6.54 Å². The molecule has 0 unspecified atom stereocenters. The lowest BCUT2D eigenvalue weighted by Gasteiger charge is -2.26. The van der Waals surface area contributed by atoms with Crippen LogP contribution >= 0.6 is 12.4 Å². The molecule has 1 aliphatic carbocycles. The zero-order chi connectivity index (χ0) is 18.6. The Labute approximate surface area is 171 Å². The van der Waals surface area contributed by atoms with Crippen molar-refractivity contribution in [2.45, 2.75) is 58.2 Å². The predicted octanol–water partition coefficient (Wildman–Crippen LogP) is 2.76. The normalized spacial score (nSPS) is 21.3. The molecule has 1 amide bonds. The predicted molar refractivity (Wildman–Crippen MR) is 109 cm³/mol. The van der Waals surface area contributed by atoms with E-state index in [-0.39, 0.29) is 24.4 Å². The van der Waals surface area contributed by atoms with E-state index in [1.807, 2.05) is 12.1 Å². The Morgan fingerprint density at radius 1 is 1.32 bits per heavy atom. The summed E-state index contributed by atoms with van der Waals surface area (Å²) in [5.74, 6) is 1.28. The van der Waals surface area contributed by atoms with Gasteiger partial charge in [-0.05, 0) is 43.2 Å². The van der Waals surface area contributed by atoms with Gasteiger partial charge in [-0.1, -0.05) is 6.92 Å². The van der Waals surface area contributed by atoms with E-state index >= 15 is 0 Å². The molecule has 7 nitrogen and oxygen atoms in total. The van der Waals surface area contributed by atoms with Gasteiger partial charge in [0, 0.05) is 49.6 Å². The molecule has 1 aliphatic heterocycles. The number of aromatic amines is 1. The highest BCUT2D eigenvalue weighted by molar-refractivity contribution is 5.94. The van der Waals surface area contributed by atoms with E-state index in [0.717, 1.165) is 48.5 Å². The minimum atomic E-state index is -0.156. The molecule has 2 aliphatic rings. The van der Waals surface area contributed by atoms with Crippen molar-refractivity contribution in [3.63, 3.8) is 0 Å². The molecule has 3 N–H and O–H groups in total. The molecule has 152 valence electrons. The van der Waals surface area contributed by atoms with Crippen LogP contribution in [0, 0.1) is 5.92 Å². The summed E-state index contributed by atoms with van der Waals surface area (Å²) >= 11 is 0. The second kappa shape index (κ2) is 9.39. The van der Waals surface area contributed by atoms with Crippen molar-refractivity contribution in [1.29, 1.82) is 0 Å². The molecule has 0 spiro atoms. The molecule has 2 aromatic heterocycles. The van der Waals surface area contributed by atoms with Crippen LogP contribution < -0.4 is 15.4 Å². The number of fused-ring (bicyclic) bond motifs is 1. The van der Waals surface area contributed by atoms with Crippen LogP contribution in [0.5, 0.6) is 5.88 Å². The van der Waals surface area contributed by atoms with E-state index in [1.54, 1.807) is 6.20 Å². The number of nitrogens with zero attached hydrogens (tertiary/aromatic N) is 2. The van der Waals surface area contributed by atoms with Gasteiger partial charge >= 0.3 is 0 Å². The SMILES string of the molecule is CC1CCC(Oc2cc(CNC(=O)c3n[nH]c4c3CNCC4)ccn2)CC1.Cl. The molecule has 2 aromatic rings. The van der Waals surface area contributed by atoms with Gasteiger partial charge in [-0.25, -0.2) is 4.98 Å². The number of aromatic nitrogens is 3. The van der Waals surface area contributed by atoms with E-state index in [0.29, 0.717) is 24.7 Å². The summed E-state index contributed by atoms with van der Waals surface area (Å²) in [7, 11) is 0. The number of H-pyrrole nitrogens is 1. The highest BCUT2D eigenvalue weighted by Crippen LogP contribution is 2.26. The van der Waals surface area contributed by atoms with Gasteiger partial charge < -0.3 is 15.4 Å². The van der Waals surface area contributed by atoms with Crippen LogP contribution in [-0.4, -0.2) is 33.7 Å². The molecule has 0 radical (unpaired) electrons. The van der Waals surface area contributed by atoms with Gasteiger partial charge in [-0.3, -0.25) is 9.89 Å². The summed E-state index contributed by atoms with van der Waals surface area (Å²) in [6.07, 6.45) is 7.46. The van der Waals surface area contributed by atoms with Crippen LogP contribution in [0.15, 0.2) is 18.3 Å². The van der Waals surface area contributed by atoms with Crippen LogP contribution in [0.1, 0.15) is 59.9 Å². The van der Waals surface area contributed by atoms with Gasteiger partial charge in [0.1, 0.15) is 6.10 Å². The molecular formula is C20H28ClN5O2. The minimum absolute atomic E-state index is 0. The van der Waals surface area contributed by atoms with E-state index in [1.165, 1.54) is 12.8 Å². The number of halogens is 1. The maximum Gasteiger partial charge on any atom is 0.272 e. The zero-order valence-corrected chi connectivity index (χ0v) is 17.0. The summed E-state index contributed by atoms with van der Waals surface area (Å²) in [5.41, 5.74) is 3.49. The maximum atomic E-state index is 12.5. The number of pyridine rings is 1. The summed E-state index contributed by atoms with van der Waals surface area (Å²) in [5, 5.41) is 13.4. The molecule has 0 saturated heterocycles. The molecule has 0 atom stereocenters. The molecular weight excluding hydrogens is 378 g/mol. The van der Waals surface area contributed by atoms with Crippen molar-refractivity contribution in [1.82, 2.24) is 25.8 Å². The van der Waals surface area contributed by atoms with Gasteiger partial charge in [0.2, 0.25) is 5.88 Å². The second-order valence-corrected chi connectivity index (χ2v) is 7.64. The molecule has 1 saturated carbocycles. The molecule has 3 heterocycles. The first-order chi connectivity index (χ1) is 13.2. The van der Waals surface area contributed by atoms with E-state index in [4.69, 9.17) is 4.74 Å². The average Bonchev–Trinajstić information content (AvgIpc) is 3.13. The van der Waals surface area contributed by atoms with Crippen molar-refractivity contribution < 1.29 is 9.53 Å². The highest BCUT2D eigenvalue weighted by Gasteiger charge is 2.22. The summed E-state index contributed by atoms with van der Waals surface area (Å²) in [6, 6.07) is 3.82. The summed E-state index contributed by atoms with van der Waals surface area (Å²) in [6.45, 7) is 4.32. The minimum Gasteiger partial charge on any atom is -0.474 e. The van der Waals surface area contributed by atoms with E-state index < -0.39 is 0 Å². The van der Waals surface area contributed by atoms with Crippen molar-refractivity contribution in [2.24, 2.45) is 5.92 Å². The molecule has 1 fully saturated rings. The number of nitrogens with one attached hydrogen (secondary N) is 3. The number of carbonyl (C=O) groups is 1. The molecule has 0 aromatic carbocycles. The van der Waals surface area contributed by atoms with Gasteiger partial charge in [0.25, 0.3) is 5.91 Å². The Kier molecular flexibility index (Phi) is 6.91. The highest BCUT2D eigenvalue weighted by atomic mass is 35.5. The average molecular weight is 406 g/mol. The van der Waals surface area contributed by atoms with Crippen LogP contribution in [0.4, 0.5) is 0 Å². The zero-order valence-electron chi connectivity index (χ0n) is 16.2. The lowest BCUT2D eigenvalue weighted by atomic mass is 9.89. The van der Waals surface area contributed by atoms with Crippen molar-refractivity contribution in [3.8, 4) is 5.88 Å². The van der Waals surface area contributed by atoms with Gasteiger partial charge in [0.15, 0.2) is 5.69 Å². The smallest absolute Gasteiger partial charge is 0.272 e. The first-order valence-electron chi connectivity index (χ1n) is 9.85. The summed E-state index contributed by atoms with van der Waals surface area (Å²) in [4.78, 5) is 16.8. The van der Waals surface area contributed by atoms with Gasteiger partial charge in [0.05, 0.1) is 0 Å². The number of carbonyl (C=O) groups excluding carboxylic acids is 1. The number of rotatable bonds is 5. The fourth-order valence-electron chi connectivity index (χ4n) is 3.82. The first kappa shape index (κ1) is 20.6. The van der Waals surface area contributed by atoms with Gasteiger partial charge in [-0.15, -0.1) is 12.4 Å². The largest absolute Gasteiger partial charge is 0.474 e. The Bertz CT molecular complexity index is 802. The fraction of sp³-hybridized carbons (Fsp3) is 0.550.